The number of hydrogen-bond acceptors (Lipinski definition) is 2. The molecule has 0 spiro atoms. The van der Waals surface area contributed by atoms with E-state index >= 15 is 0 Å². The zero-order valence-electron chi connectivity index (χ0n) is 8.57. The van der Waals surface area contributed by atoms with Gasteiger partial charge in [-0.2, -0.15) is 0 Å². The van der Waals surface area contributed by atoms with Crippen LogP contribution in [0.3, 0.4) is 0 Å². The maximum absolute atomic E-state index is 10.8. The number of amides is 1. The second-order valence-corrected chi connectivity index (χ2v) is 4.52. The molecule has 2 atom stereocenters. The normalized spacial score (nSPS) is 28.5. The molecule has 0 aromatic heterocycles. The molecule has 76 valence electrons. The van der Waals surface area contributed by atoms with Gasteiger partial charge >= 0.3 is 6.09 Å². The molecule has 1 aliphatic rings. The lowest BCUT2D eigenvalue weighted by Gasteiger charge is -2.51. The molecule has 1 aliphatic heterocycles. The second kappa shape index (κ2) is 3.18. The van der Waals surface area contributed by atoms with Gasteiger partial charge in [0, 0.05) is 7.11 Å². The summed E-state index contributed by atoms with van der Waals surface area (Å²) in [5.41, 5.74) is -0.0582. The van der Waals surface area contributed by atoms with Crippen molar-refractivity contribution in [2.24, 2.45) is 5.41 Å². The van der Waals surface area contributed by atoms with Gasteiger partial charge in [-0.05, 0) is 5.41 Å². The minimum absolute atomic E-state index is 0.0185. The topological polar surface area (TPSA) is 49.8 Å². The van der Waals surface area contributed by atoms with Crippen LogP contribution in [-0.2, 0) is 4.74 Å². The number of carboxylic acid groups (broad SMARTS) is 1. The number of carbonyl (C=O) groups is 1. The molecular weight excluding hydrogens is 170 g/mol. The number of nitrogens with zero attached hydrogens (tertiary/aromatic N) is 1. The van der Waals surface area contributed by atoms with E-state index in [9.17, 15) is 4.79 Å². The molecule has 4 nitrogen and oxygen atoms in total. The highest BCUT2D eigenvalue weighted by Crippen LogP contribution is 2.35. The number of rotatable bonds is 1. The molecule has 1 rings (SSSR count). The van der Waals surface area contributed by atoms with Gasteiger partial charge in [0.1, 0.15) is 0 Å². The van der Waals surface area contributed by atoms with Crippen molar-refractivity contribution in [3.05, 3.63) is 0 Å². The van der Waals surface area contributed by atoms with Crippen LogP contribution in [0.25, 0.3) is 0 Å². The average molecular weight is 187 g/mol. The lowest BCUT2D eigenvalue weighted by atomic mass is 9.77. The first-order chi connectivity index (χ1) is 5.88. The Morgan fingerprint density at radius 3 is 2.38 bits per heavy atom. The van der Waals surface area contributed by atoms with Crippen molar-refractivity contribution in [1.29, 1.82) is 0 Å². The van der Waals surface area contributed by atoms with Crippen LogP contribution in [0, 0.1) is 5.41 Å². The summed E-state index contributed by atoms with van der Waals surface area (Å²) >= 11 is 0. The predicted molar refractivity (Wildman–Crippen MR) is 48.8 cm³/mol. The fourth-order valence-electron chi connectivity index (χ4n) is 1.90. The molecule has 1 heterocycles. The number of likely N-dealkylation sites (tertiary alicyclic amines) is 1. The zero-order chi connectivity index (χ0) is 10.2. The zero-order valence-corrected chi connectivity index (χ0v) is 8.57. The van der Waals surface area contributed by atoms with Crippen molar-refractivity contribution in [2.75, 3.05) is 13.7 Å². The van der Waals surface area contributed by atoms with Crippen LogP contribution in [0.1, 0.15) is 20.8 Å². The molecule has 0 aromatic rings. The van der Waals surface area contributed by atoms with Gasteiger partial charge < -0.3 is 9.84 Å². The quantitative estimate of drug-likeness (QED) is 0.675. The van der Waals surface area contributed by atoms with E-state index in [-0.39, 0.29) is 17.6 Å². The first kappa shape index (κ1) is 10.3. The van der Waals surface area contributed by atoms with Crippen molar-refractivity contribution < 1.29 is 14.6 Å². The van der Waals surface area contributed by atoms with Gasteiger partial charge in [0.25, 0.3) is 0 Å². The van der Waals surface area contributed by atoms with E-state index in [2.05, 4.69) is 0 Å². The first-order valence-electron chi connectivity index (χ1n) is 4.40. The summed E-state index contributed by atoms with van der Waals surface area (Å²) in [5.74, 6) is 0. The Morgan fingerprint density at radius 2 is 2.08 bits per heavy atom. The molecule has 0 radical (unpaired) electrons. The Morgan fingerprint density at radius 1 is 1.54 bits per heavy atom. The van der Waals surface area contributed by atoms with Crippen molar-refractivity contribution in [2.45, 2.75) is 32.9 Å². The van der Waals surface area contributed by atoms with Gasteiger partial charge in [0.2, 0.25) is 0 Å². The molecular formula is C9H17NO3. The van der Waals surface area contributed by atoms with Crippen LogP contribution in [0.15, 0.2) is 0 Å². The minimum atomic E-state index is -0.853. The monoisotopic (exact) mass is 187 g/mol. The van der Waals surface area contributed by atoms with Crippen molar-refractivity contribution in [1.82, 2.24) is 4.90 Å². The van der Waals surface area contributed by atoms with Crippen LogP contribution in [0.2, 0.25) is 0 Å². The molecule has 0 aromatic carbocycles. The summed E-state index contributed by atoms with van der Waals surface area (Å²) < 4.78 is 5.20. The molecule has 13 heavy (non-hydrogen) atoms. The summed E-state index contributed by atoms with van der Waals surface area (Å²) in [6.07, 6.45) is -0.802. The first-order valence-corrected chi connectivity index (χ1v) is 4.40. The van der Waals surface area contributed by atoms with E-state index in [1.165, 1.54) is 4.90 Å². The smallest absolute Gasteiger partial charge is 0.407 e. The molecule has 2 unspecified atom stereocenters. The largest absolute Gasteiger partial charge is 0.465 e. The molecule has 4 heteroatoms. The Balaban J connectivity index is 2.70. The average Bonchev–Trinajstić information content (AvgIpc) is 1.80. The lowest BCUT2D eigenvalue weighted by molar-refractivity contribution is -0.109. The van der Waals surface area contributed by atoms with Gasteiger partial charge in [-0.1, -0.05) is 20.8 Å². The molecule has 1 N–H and O–H groups in total. The van der Waals surface area contributed by atoms with Gasteiger partial charge in [-0.25, -0.2) is 4.79 Å². The van der Waals surface area contributed by atoms with Crippen LogP contribution >= 0.6 is 0 Å². The van der Waals surface area contributed by atoms with Crippen molar-refractivity contribution in [3.63, 3.8) is 0 Å². The summed E-state index contributed by atoms with van der Waals surface area (Å²) in [5, 5.41) is 8.85. The van der Waals surface area contributed by atoms with Gasteiger partial charge in [-0.3, -0.25) is 4.90 Å². The molecule has 1 amide bonds. The van der Waals surface area contributed by atoms with Crippen LogP contribution in [-0.4, -0.2) is 41.9 Å². The van der Waals surface area contributed by atoms with Crippen molar-refractivity contribution >= 4 is 6.09 Å². The fourth-order valence-corrected chi connectivity index (χ4v) is 1.90. The van der Waals surface area contributed by atoms with Crippen LogP contribution in [0.4, 0.5) is 4.79 Å². The standard InChI is InChI=1S/C9H17NO3/c1-9(2,3)7-6(13-4)5-10(7)8(11)12/h6-7H,5H2,1-4H3,(H,11,12). The van der Waals surface area contributed by atoms with Gasteiger partial charge in [0.15, 0.2) is 0 Å². The Bertz CT molecular complexity index is 209. The summed E-state index contributed by atoms with van der Waals surface area (Å²) in [6.45, 7) is 6.57. The van der Waals surface area contributed by atoms with E-state index < -0.39 is 6.09 Å². The maximum Gasteiger partial charge on any atom is 0.407 e. The SMILES string of the molecule is COC1CN(C(=O)O)C1C(C)(C)C. The summed E-state index contributed by atoms with van der Waals surface area (Å²) in [4.78, 5) is 12.2. The minimum Gasteiger partial charge on any atom is -0.465 e. The van der Waals surface area contributed by atoms with E-state index in [4.69, 9.17) is 9.84 Å². The number of hydrogen-bond donors (Lipinski definition) is 1. The van der Waals surface area contributed by atoms with Gasteiger partial charge in [0.05, 0.1) is 18.7 Å². The third-order valence-electron chi connectivity index (χ3n) is 2.50. The Kier molecular flexibility index (Phi) is 2.52. The molecule has 1 fully saturated rings. The summed E-state index contributed by atoms with van der Waals surface area (Å²) in [6, 6.07) is -0.0185. The van der Waals surface area contributed by atoms with Crippen LogP contribution in [0.5, 0.6) is 0 Å². The van der Waals surface area contributed by atoms with E-state index in [1.807, 2.05) is 20.8 Å². The molecule has 1 saturated heterocycles. The van der Waals surface area contributed by atoms with E-state index in [0.717, 1.165) is 0 Å². The van der Waals surface area contributed by atoms with Crippen molar-refractivity contribution in [3.8, 4) is 0 Å². The maximum atomic E-state index is 10.8. The fraction of sp³-hybridized carbons (Fsp3) is 0.889. The number of methoxy groups -OCH3 is 1. The van der Waals surface area contributed by atoms with E-state index in [1.54, 1.807) is 7.11 Å². The van der Waals surface area contributed by atoms with Gasteiger partial charge in [-0.15, -0.1) is 0 Å². The molecule has 0 aliphatic carbocycles. The Hall–Kier alpha value is -0.770. The van der Waals surface area contributed by atoms with Crippen LogP contribution < -0.4 is 0 Å². The highest BCUT2D eigenvalue weighted by Gasteiger charge is 2.48. The third kappa shape index (κ3) is 1.77. The predicted octanol–water partition coefficient (Wildman–Crippen LogP) is 1.41. The van der Waals surface area contributed by atoms with E-state index in [0.29, 0.717) is 6.54 Å². The summed E-state index contributed by atoms with van der Waals surface area (Å²) in [7, 11) is 1.63. The third-order valence-corrected chi connectivity index (χ3v) is 2.50. The Labute approximate surface area is 78.5 Å². The highest BCUT2D eigenvalue weighted by atomic mass is 16.5. The lowest BCUT2D eigenvalue weighted by Crippen LogP contribution is -2.67. The molecule has 0 saturated carbocycles. The highest BCUT2D eigenvalue weighted by molar-refractivity contribution is 5.67. The second-order valence-electron chi connectivity index (χ2n) is 4.52. The number of ether oxygens (including phenoxy) is 1. The molecule has 0 bridgehead atoms.